The van der Waals surface area contributed by atoms with Crippen molar-refractivity contribution in [3.63, 3.8) is 0 Å². The van der Waals surface area contributed by atoms with Crippen molar-refractivity contribution in [2.24, 2.45) is 0 Å². The Kier molecular flexibility index (Phi) is 4.52. The smallest absolute Gasteiger partial charge is 0.291 e. The number of furan rings is 1. The fraction of sp³-hybridized carbons (Fsp3) is 0.105. The third-order valence-electron chi connectivity index (χ3n) is 3.94. The van der Waals surface area contributed by atoms with Gasteiger partial charge in [-0.05, 0) is 24.3 Å². The van der Waals surface area contributed by atoms with Crippen LogP contribution in [0.25, 0.3) is 0 Å². The highest BCUT2D eigenvalue weighted by atomic mass is 19.1. The lowest BCUT2D eigenvalue weighted by atomic mass is 10.2. The molecule has 27 heavy (non-hydrogen) atoms. The van der Waals surface area contributed by atoms with Crippen molar-refractivity contribution in [3.05, 3.63) is 90.2 Å². The molecular formula is C19H16FN5O2. The average molecular weight is 365 g/mol. The largest absolute Gasteiger partial charge is 0.454 e. The third-order valence-corrected chi connectivity index (χ3v) is 3.94. The van der Waals surface area contributed by atoms with Gasteiger partial charge in [0.15, 0.2) is 5.76 Å². The molecule has 0 fully saturated rings. The van der Waals surface area contributed by atoms with E-state index in [0.29, 0.717) is 23.6 Å². The molecule has 0 saturated heterocycles. The summed E-state index contributed by atoms with van der Waals surface area (Å²) in [6, 6.07) is 11.7. The van der Waals surface area contributed by atoms with E-state index in [-0.39, 0.29) is 24.0 Å². The van der Waals surface area contributed by atoms with Gasteiger partial charge < -0.3 is 9.73 Å². The van der Waals surface area contributed by atoms with Crippen molar-refractivity contribution in [2.45, 2.75) is 13.1 Å². The Labute approximate surface area is 154 Å². The third kappa shape index (κ3) is 3.95. The quantitative estimate of drug-likeness (QED) is 0.569. The van der Waals surface area contributed by atoms with Gasteiger partial charge in [0.25, 0.3) is 5.91 Å². The van der Waals surface area contributed by atoms with E-state index in [4.69, 9.17) is 4.42 Å². The fourth-order valence-electron chi connectivity index (χ4n) is 2.65. The molecule has 7 nitrogen and oxygen atoms in total. The van der Waals surface area contributed by atoms with Gasteiger partial charge in [-0.3, -0.25) is 14.2 Å². The van der Waals surface area contributed by atoms with Gasteiger partial charge in [0.2, 0.25) is 0 Å². The zero-order valence-electron chi connectivity index (χ0n) is 14.2. The summed E-state index contributed by atoms with van der Waals surface area (Å²) in [6.07, 6.45) is 6.63. The van der Waals surface area contributed by atoms with E-state index in [1.165, 1.54) is 12.3 Å². The summed E-state index contributed by atoms with van der Waals surface area (Å²) in [4.78, 5) is 12.3. The average Bonchev–Trinajstić information content (AvgIpc) is 3.40. The van der Waals surface area contributed by atoms with Crippen LogP contribution in [0.5, 0.6) is 0 Å². The number of hydrogen-bond donors (Lipinski definition) is 1. The molecule has 0 aliphatic heterocycles. The molecule has 4 aromatic rings. The molecule has 0 saturated carbocycles. The summed E-state index contributed by atoms with van der Waals surface area (Å²) in [5.74, 6) is 0.143. The standard InChI is InChI=1S/C19H16FN5O2/c20-17-5-2-1-4-14(17)11-25-12-15(10-22-25)23-19(26)18-7-6-16(27-18)13-24-9-3-8-21-24/h1-10,12H,11,13H2,(H,23,26). The van der Waals surface area contributed by atoms with Crippen molar-refractivity contribution in [2.75, 3.05) is 5.32 Å². The van der Waals surface area contributed by atoms with E-state index in [1.54, 1.807) is 52.1 Å². The Morgan fingerprint density at radius 2 is 1.96 bits per heavy atom. The Morgan fingerprint density at radius 3 is 2.78 bits per heavy atom. The number of amides is 1. The molecule has 136 valence electrons. The summed E-state index contributed by atoms with van der Waals surface area (Å²) >= 11 is 0. The minimum atomic E-state index is -0.382. The topological polar surface area (TPSA) is 77.9 Å². The first-order valence-corrected chi connectivity index (χ1v) is 8.31. The Hall–Kier alpha value is -3.68. The first-order valence-electron chi connectivity index (χ1n) is 8.31. The van der Waals surface area contributed by atoms with Gasteiger partial charge in [-0.15, -0.1) is 0 Å². The van der Waals surface area contributed by atoms with Crippen LogP contribution in [0.3, 0.4) is 0 Å². The number of carbonyl (C=O) groups excluding carboxylic acids is 1. The zero-order valence-corrected chi connectivity index (χ0v) is 14.2. The maximum atomic E-state index is 13.7. The molecule has 1 N–H and O–H groups in total. The van der Waals surface area contributed by atoms with Crippen LogP contribution in [0, 0.1) is 5.82 Å². The number of nitrogens with one attached hydrogen (secondary N) is 1. The monoisotopic (exact) mass is 365 g/mol. The minimum Gasteiger partial charge on any atom is -0.454 e. The normalized spacial score (nSPS) is 10.9. The highest BCUT2D eigenvalue weighted by Gasteiger charge is 2.13. The molecule has 0 aliphatic rings. The molecule has 0 bridgehead atoms. The van der Waals surface area contributed by atoms with Crippen molar-refractivity contribution < 1.29 is 13.6 Å². The van der Waals surface area contributed by atoms with Gasteiger partial charge in [0.05, 0.1) is 25.0 Å². The van der Waals surface area contributed by atoms with Crippen molar-refractivity contribution in [1.82, 2.24) is 19.6 Å². The highest BCUT2D eigenvalue weighted by Crippen LogP contribution is 2.14. The van der Waals surface area contributed by atoms with Crippen LogP contribution in [0.1, 0.15) is 21.9 Å². The van der Waals surface area contributed by atoms with E-state index < -0.39 is 0 Å². The van der Waals surface area contributed by atoms with Gasteiger partial charge in [-0.2, -0.15) is 10.2 Å². The molecule has 0 atom stereocenters. The van der Waals surface area contributed by atoms with Crippen molar-refractivity contribution in [1.29, 1.82) is 0 Å². The predicted octanol–water partition coefficient (Wildman–Crippen LogP) is 3.16. The van der Waals surface area contributed by atoms with E-state index in [0.717, 1.165) is 0 Å². The Bertz CT molecular complexity index is 1050. The summed E-state index contributed by atoms with van der Waals surface area (Å²) in [5.41, 5.74) is 1.02. The molecule has 0 unspecified atom stereocenters. The molecule has 8 heteroatoms. The second-order valence-electron chi connectivity index (χ2n) is 5.94. The lowest BCUT2D eigenvalue weighted by molar-refractivity contribution is 0.0994. The molecule has 3 aromatic heterocycles. The molecular weight excluding hydrogens is 349 g/mol. The number of rotatable bonds is 6. The molecule has 1 amide bonds. The van der Waals surface area contributed by atoms with Gasteiger partial charge in [-0.1, -0.05) is 18.2 Å². The Balaban J connectivity index is 1.39. The number of aromatic nitrogens is 4. The first-order chi connectivity index (χ1) is 13.2. The van der Waals surface area contributed by atoms with Crippen LogP contribution in [0.4, 0.5) is 10.1 Å². The highest BCUT2D eigenvalue weighted by molar-refractivity contribution is 6.02. The summed E-state index contributed by atoms with van der Waals surface area (Å²) < 4.78 is 22.5. The van der Waals surface area contributed by atoms with Crippen LogP contribution in [0.2, 0.25) is 0 Å². The lowest BCUT2D eigenvalue weighted by Crippen LogP contribution is -2.10. The molecule has 0 aliphatic carbocycles. The van der Waals surface area contributed by atoms with Crippen LogP contribution < -0.4 is 5.32 Å². The van der Waals surface area contributed by atoms with Crippen LogP contribution >= 0.6 is 0 Å². The van der Waals surface area contributed by atoms with Crippen molar-refractivity contribution in [3.8, 4) is 0 Å². The van der Waals surface area contributed by atoms with Crippen LogP contribution in [-0.4, -0.2) is 25.5 Å². The van der Waals surface area contributed by atoms with E-state index in [9.17, 15) is 9.18 Å². The van der Waals surface area contributed by atoms with Crippen LogP contribution in [0.15, 0.2) is 71.7 Å². The van der Waals surface area contributed by atoms with E-state index >= 15 is 0 Å². The summed E-state index contributed by atoms with van der Waals surface area (Å²) in [5, 5.41) is 11.0. The summed E-state index contributed by atoms with van der Waals surface area (Å²) in [6.45, 7) is 0.720. The minimum absolute atomic E-state index is 0.194. The number of anilines is 1. The second-order valence-corrected chi connectivity index (χ2v) is 5.94. The molecule has 1 aromatic carbocycles. The molecule has 0 radical (unpaired) electrons. The van der Waals surface area contributed by atoms with E-state index in [1.807, 2.05) is 12.3 Å². The van der Waals surface area contributed by atoms with Gasteiger partial charge in [0.1, 0.15) is 11.6 Å². The molecule has 3 heterocycles. The number of halogens is 1. The fourth-order valence-corrected chi connectivity index (χ4v) is 2.65. The summed E-state index contributed by atoms with van der Waals surface area (Å²) in [7, 11) is 0. The maximum absolute atomic E-state index is 13.7. The number of benzene rings is 1. The van der Waals surface area contributed by atoms with Gasteiger partial charge >= 0.3 is 0 Å². The second kappa shape index (κ2) is 7.28. The lowest BCUT2D eigenvalue weighted by Gasteiger charge is -2.03. The molecule has 0 spiro atoms. The predicted molar refractivity (Wildman–Crippen MR) is 95.7 cm³/mol. The number of hydrogen-bond acceptors (Lipinski definition) is 4. The number of carbonyl (C=O) groups is 1. The zero-order chi connectivity index (χ0) is 18.6. The maximum Gasteiger partial charge on any atom is 0.291 e. The molecule has 4 rings (SSSR count). The van der Waals surface area contributed by atoms with Crippen LogP contribution in [-0.2, 0) is 13.1 Å². The van der Waals surface area contributed by atoms with E-state index in [2.05, 4.69) is 15.5 Å². The van der Waals surface area contributed by atoms with Gasteiger partial charge in [0, 0.05) is 24.2 Å². The van der Waals surface area contributed by atoms with Crippen molar-refractivity contribution >= 4 is 11.6 Å². The first kappa shape index (κ1) is 16.8. The number of nitrogens with zero attached hydrogens (tertiary/aromatic N) is 4. The van der Waals surface area contributed by atoms with Gasteiger partial charge in [-0.25, -0.2) is 4.39 Å². The SMILES string of the molecule is O=C(Nc1cnn(Cc2ccccc2F)c1)c1ccc(Cn2cccn2)o1. The Morgan fingerprint density at radius 1 is 1.07 bits per heavy atom.